The van der Waals surface area contributed by atoms with E-state index in [1.165, 1.54) is 18.2 Å². The van der Waals surface area contributed by atoms with Gasteiger partial charge < -0.3 is 35.0 Å². The number of nitrogens with zero attached hydrogens (tertiary/aromatic N) is 4. The smallest absolute Gasteiger partial charge is 0.259 e. The van der Waals surface area contributed by atoms with E-state index in [-0.39, 0.29) is 17.8 Å². The van der Waals surface area contributed by atoms with Crippen molar-refractivity contribution in [1.29, 1.82) is 0 Å². The molecule has 232 valence electrons. The summed E-state index contributed by atoms with van der Waals surface area (Å²) in [5.74, 6) is -5.07. The van der Waals surface area contributed by atoms with Gasteiger partial charge in [-0.25, -0.2) is 17.9 Å². The fourth-order valence-electron chi connectivity index (χ4n) is 5.68. The normalized spacial score (nSPS) is 27.7. The van der Waals surface area contributed by atoms with Crippen LogP contribution in [0.25, 0.3) is 11.3 Å². The van der Waals surface area contributed by atoms with E-state index in [2.05, 4.69) is 31.6 Å². The van der Waals surface area contributed by atoms with Gasteiger partial charge >= 0.3 is 0 Å². The van der Waals surface area contributed by atoms with Crippen LogP contribution in [0.1, 0.15) is 18.0 Å². The Morgan fingerprint density at radius 1 is 1.21 bits per heavy atom. The van der Waals surface area contributed by atoms with Gasteiger partial charge in [0, 0.05) is 29.4 Å². The molecule has 4 N–H and O–H groups in total. The molecule has 3 aromatic rings. The van der Waals surface area contributed by atoms with E-state index < -0.39 is 72.6 Å². The van der Waals surface area contributed by atoms with Crippen molar-refractivity contribution >= 4 is 27.5 Å². The Kier molecular flexibility index (Phi) is 9.51. The highest BCUT2D eigenvalue weighted by atomic mass is 79.9. The number of methoxy groups -OCH3 is 1. The predicted molar refractivity (Wildman–Crippen MR) is 151 cm³/mol. The minimum Gasteiger partial charge on any atom is -0.394 e. The number of aryl methyl sites for hydroxylation is 1. The number of ether oxygens (including phenoxy) is 2. The van der Waals surface area contributed by atoms with Crippen molar-refractivity contribution in [2.75, 3.05) is 31.7 Å². The van der Waals surface area contributed by atoms with Gasteiger partial charge in [-0.1, -0.05) is 21.1 Å². The largest absolute Gasteiger partial charge is 0.394 e. The molecule has 2 saturated heterocycles. The Balaban J connectivity index is 1.55. The molecule has 0 radical (unpaired) electrons. The predicted octanol–water partition coefficient (Wildman–Crippen LogP) is 1.87. The van der Waals surface area contributed by atoms with E-state index in [0.29, 0.717) is 23.1 Å². The van der Waals surface area contributed by atoms with Gasteiger partial charge in [0.25, 0.3) is 5.91 Å². The van der Waals surface area contributed by atoms with Crippen LogP contribution in [-0.2, 0) is 14.3 Å². The highest BCUT2D eigenvalue weighted by molar-refractivity contribution is 9.10. The van der Waals surface area contributed by atoms with Crippen LogP contribution >= 0.6 is 15.9 Å². The first-order valence-corrected chi connectivity index (χ1v) is 14.4. The second kappa shape index (κ2) is 13.0. The summed E-state index contributed by atoms with van der Waals surface area (Å²) >= 11 is 3.47. The first-order valence-electron chi connectivity index (χ1n) is 13.6. The maximum Gasteiger partial charge on any atom is 0.259 e. The molecule has 1 aromatic heterocycles. The van der Waals surface area contributed by atoms with Gasteiger partial charge in [-0.3, -0.25) is 4.79 Å². The van der Waals surface area contributed by atoms with Crippen LogP contribution in [0.15, 0.2) is 41.0 Å². The van der Waals surface area contributed by atoms with Crippen LogP contribution in [0, 0.1) is 24.4 Å². The van der Waals surface area contributed by atoms with Gasteiger partial charge in [-0.05, 0) is 55.8 Å². The van der Waals surface area contributed by atoms with Crippen molar-refractivity contribution in [1.82, 2.24) is 20.3 Å². The maximum absolute atomic E-state index is 14.5. The molecule has 0 aliphatic carbocycles. The lowest BCUT2D eigenvalue weighted by molar-refractivity contribution is -0.211. The van der Waals surface area contributed by atoms with Crippen molar-refractivity contribution in [3.63, 3.8) is 0 Å². The number of hydrogen-bond acceptors (Lipinski definition) is 9. The minimum atomic E-state index is -1.63. The summed E-state index contributed by atoms with van der Waals surface area (Å²) in [6.07, 6.45) is -4.54. The average Bonchev–Trinajstić information content (AvgIpc) is 3.45. The molecular weight excluding hydrogens is 639 g/mol. The zero-order chi connectivity index (χ0) is 31.0. The first kappa shape index (κ1) is 31.5. The molecule has 0 bridgehead atoms. The summed E-state index contributed by atoms with van der Waals surface area (Å²) in [5, 5.41) is 43.4. The summed E-state index contributed by atoms with van der Waals surface area (Å²) in [5.41, 5.74) is 1.17. The van der Waals surface area contributed by atoms with Crippen molar-refractivity contribution in [2.24, 2.45) is 0 Å². The monoisotopic (exact) mass is 669 g/mol. The molecule has 5 rings (SSSR count). The number of benzene rings is 2. The fraction of sp³-hybridized carbons (Fsp3) is 0.464. The number of halogens is 4. The summed E-state index contributed by atoms with van der Waals surface area (Å²) in [6, 6.07) is 5.05. The van der Waals surface area contributed by atoms with Crippen LogP contribution in [0.5, 0.6) is 0 Å². The number of carbonyl (C=O) groups excluding carboxylic acids is 1. The number of nitrogens with one attached hydrogen (secondary N) is 1. The molecule has 43 heavy (non-hydrogen) atoms. The van der Waals surface area contributed by atoms with Crippen molar-refractivity contribution < 1.29 is 42.8 Å². The number of amides is 1. The van der Waals surface area contributed by atoms with Crippen LogP contribution < -0.4 is 10.2 Å². The van der Waals surface area contributed by atoms with Gasteiger partial charge in [0.15, 0.2) is 23.6 Å². The molecule has 11 nitrogen and oxygen atoms in total. The molecule has 0 spiro atoms. The van der Waals surface area contributed by atoms with E-state index in [1.54, 1.807) is 12.1 Å². The molecule has 0 unspecified atom stereocenters. The molecule has 2 aliphatic heterocycles. The second-order valence-electron chi connectivity index (χ2n) is 10.6. The summed E-state index contributed by atoms with van der Waals surface area (Å²) in [6.45, 7) is 2.04. The third-order valence-electron chi connectivity index (χ3n) is 7.77. The Morgan fingerprint density at radius 2 is 1.93 bits per heavy atom. The average molecular weight is 670 g/mol. The highest BCUT2D eigenvalue weighted by Gasteiger charge is 2.52. The highest BCUT2D eigenvalue weighted by Crippen LogP contribution is 2.36. The molecule has 7 atom stereocenters. The van der Waals surface area contributed by atoms with E-state index in [0.717, 1.165) is 22.4 Å². The maximum atomic E-state index is 14.5. The lowest BCUT2D eigenvalue weighted by Crippen LogP contribution is -2.64. The number of aromatic nitrogens is 3. The van der Waals surface area contributed by atoms with Gasteiger partial charge in [0.1, 0.15) is 30.0 Å². The topological polar surface area (TPSA) is 142 Å². The third kappa shape index (κ3) is 6.20. The summed E-state index contributed by atoms with van der Waals surface area (Å²) < 4.78 is 54.9. The van der Waals surface area contributed by atoms with Gasteiger partial charge in [-0.15, -0.1) is 5.10 Å². The molecule has 2 aliphatic rings. The lowest BCUT2D eigenvalue weighted by Gasteiger charge is -2.46. The molecular formula is C28H31BrF3N5O6. The van der Waals surface area contributed by atoms with Crippen LogP contribution in [0.4, 0.5) is 18.9 Å². The SMILES string of the molecule is CO[C@@H]1[C@@H](n2cc(-c3cc(F)c(F)c(F)c3)nn2)[C@@H](O)[C@@H](CO)O[C@H]1C(=O)N(c1cc(C)cc(Br)c1)[C@H]1CNCC[C@@H]1O. The van der Waals surface area contributed by atoms with E-state index in [1.807, 2.05) is 13.0 Å². The van der Waals surface area contributed by atoms with Crippen molar-refractivity contribution in [3.8, 4) is 11.3 Å². The first-order chi connectivity index (χ1) is 20.5. The van der Waals surface area contributed by atoms with E-state index in [4.69, 9.17) is 9.47 Å². The standard InChI is InChI=1S/C28H31BrF3N5O6/c1-13-5-15(29)9-16(6-13)37(20-10-33-4-3-21(20)39)28(41)27-26(42-2)24(25(40)22(12-38)43-27)36-11-19(34-35-36)14-7-17(30)23(32)18(31)8-14/h5-9,11,20-22,24-27,33,38-40H,3-4,10,12H2,1-2H3/t20-,21-,22+,24-,25-,26+,27+/m0/s1. The zero-order valence-electron chi connectivity index (χ0n) is 23.2. The van der Waals surface area contributed by atoms with Gasteiger partial charge in [-0.2, -0.15) is 0 Å². The summed E-state index contributed by atoms with van der Waals surface area (Å²) in [7, 11) is 1.31. The van der Waals surface area contributed by atoms with Crippen LogP contribution in [0.2, 0.25) is 0 Å². The fourth-order valence-corrected chi connectivity index (χ4v) is 6.28. The Morgan fingerprint density at radius 3 is 2.56 bits per heavy atom. The molecule has 15 heteroatoms. The van der Waals surface area contributed by atoms with Gasteiger partial charge in [0.05, 0.1) is 24.9 Å². The zero-order valence-corrected chi connectivity index (χ0v) is 24.8. The number of aliphatic hydroxyl groups is 3. The Hall–Kier alpha value is -2.92. The Bertz CT molecular complexity index is 1440. The number of carbonyl (C=O) groups is 1. The van der Waals surface area contributed by atoms with Gasteiger partial charge in [0.2, 0.25) is 0 Å². The van der Waals surface area contributed by atoms with Crippen molar-refractivity contribution in [3.05, 3.63) is 64.0 Å². The number of rotatable bonds is 7. The molecule has 1 amide bonds. The number of hydrogen-bond donors (Lipinski definition) is 4. The minimum absolute atomic E-state index is 0.0441. The third-order valence-corrected chi connectivity index (χ3v) is 8.22. The Labute approximate surface area is 253 Å². The second-order valence-corrected chi connectivity index (χ2v) is 11.5. The van der Waals surface area contributed by atoms with Crippen LogP contribution in [0.3, 0.4) is 0 Å². The molecule has 2 fully saturated rings. The lowest BCUT2D eigenvalue weighted by atomic mass is 9.90. The molecule has 3 heterocycles. The number of anilines is 1. The van der Waals surface area contributed by atoms with Crippen LogP contribution in [-0.4, -0.2) is 99.6 Å². The number of aliphatic hydroxyl groups excluding tert-OH is 3. The van der Waals surface area contributed by atoms with E-state index in [9.17, 15) is 33.3 Å². The molecule has 0 saturated carbocycles. The summed E-state index contributed by atoms with van der Waals surface area (Å²) in [4.78, 5) is 15.9. The molecule has 2 aromatic carbocycles. The quantitative estimate of drug-likeness (QED) is 0.277. The van der Waals surface area contributed by atoms with E-state index >= 15 is 0 Å². The number of piperidine rings is 1. The van der Waals surface area contributed by atoms with Crippen molar-refractivity contribution in [2.45, 2.75) is 55.9 Å².